The SMILES string of the molecule is Cc1cc(NC(=O)c2ccc(Cl)cn2)ccc1N. The van der Waals surface area contributed by atoms with E-state index in [0.29, 0.717) is 22.1 Å². The fourth-order valence-corrected chi connectivity index (χ4v) is 1.57. The van der Waals surface area contributed by atoms with E-state index in [1.54, 1.807) is 24.3 Å². The molecule has 4 nitrogen and oxygen atoms in total. The lowest BCUT2D eigenvalue weighted by Gasteiger charge is -2.07. The van der Waals surface area contributed by atoms with Crippen LogP contribution in [0.2, 0.25) is 5.02 Å². The Kier molecular flexibility index (Phi) is 3.48. The second-order valence-electron chi connectivity index (χ2n) is 3.89. The van der Waals surface area contributed by atoms with Crippen LogP contribution in [0.3, 0.4) is 0 Å². The molecule has 0 saturated heterocycles. The molecule has 1 amide bonds. The van der Waals surface area contributed by atoms with Crippen LogP contribution in [0.25, 0.3) is 0 Å². The Labute approximate surface area is 110 Å². The van der Waals surface area contributed by atoms with Gasteiger partial charge in [0.05, 0.1) is 5.02 Å². The molecule has 0 fully saturated rings. The van der Waals surface area contributed by atoms with Crippen LogP contribution in [0.15, 0.2) is 36.5 Å². The monoisotopic (exact) mass is 261 g/mol. The minimum absolute atomic E-state index is 0.282. The number of hydrogen-bond acceptors (Lipinski definition) is 3. The van der Waals surface area contributed by atoms with Crippen molar-refractivity contribution in [3.63, 3.8) is 0 Å². The van der Waals surface area contributed by atoms with Gasteiger partial charge in [-0.1, -0.05) is 11.6 Å². The fraction of sp³-hybridized carbons (Fsp3) is 0.0769. The smallest absolute Gasteiger partial charge is 0.274 e. The van der Waals surface area contributed by atoms with Crippen LogP contribution in [-0.4, -0.2) is 10.9 Å². The van der Waals surface area contributed by atoms with Crippen LogP contribution in [-0.2, 0) is 0 Å². The number of benzene rings is 1. The number of nitrogens with one attached hydrogen (secondary N) is 1. The summed E-state index contributed by atoms with van der Waals surface area (Å²) in [6, 6.07) is 8.50. The lowest BCUT2D eigenvalue weighted by Crippen LogP contribution is -2.13. The van der Waals surface area contributed by atoms with E-state index in [1.165, 1.54) is 6.20 Å². The number of aromatic nitrogens is 1. The van der Waals surface area contributed by atoms with Gasteiger partial charge in [-0.2, -0.15) is 0 Å². The zero-order chi connectivity index (χ0) is 13.1. The average Bonchev–Trinajstić information content (AvgIpc) is 2.34. The summed E-state index contributed by atoms with van der Waals surface area (Å²) in [6.45, 7) is 1.88. The number of nitrogen functional groups attached to an aromatic ring is 1. The van der Waals surface area contributed by atoms with Gasteiger partial charge in [-0.3, -0.25) is 4.79 Å². The molecule has 0 radical (unpaired) electrons. The number of carbonyl (C=O) groups is 1. The summed E-state index contributed by atoms with van der Waals surface area (Å²) in [6.07, 6.45) is 1.44. The first-order valence-corrected chi connectivity index (χ1v) is 5.73. The van der Waals surface area contributed by atoms with Gasteiger partial charge in [0, 0.05) is 17.6 Å². The molecule has 2 rings (SSSR count). The molecule has 1 heterocycles. The number of nitrogens with zero attached hydrogens (tertiary/aromatic N) is 1. The van der Waals surface area contributed by atoms with E-state index in [0.717, 1.165) is 5.56 Å². The highest BCUT2D eigenvalue weighted by atomic mass is 35.5. The third-order valence-electron chi connectivity index (χ3n) is 2.49. The van der Waals surface area contributed by atoms with Crippen molar-refractivity contribution in [3.05, 3.63) is 52.8 Å². The molecule has 18 heavy (non-hydrogen) atoms. The summed E-state index contributed by atoms with van der Waals surface area (Å²) in [7, 11) is 0. The van der Waals surface area contributed by atoms with Gasteiger partial charge < -0.3 is 11.1 Å². The lowest BCUT2D eigenvalue weighted by atomic mass is 10.2. The van der Waals surface area contributed by atoms with Crippen molar-refractivity contribution >= 4 is 28.9 Å². The van der Waals surface area contributed by atoms with E-state index in [9.17, 15) is 4.79 Å². The van der Waals surface area contributed by atoms with E-state index in [4.69, 9.17) is 17.3 Å². The summed E-state index contributed by atoms with van der Waals surface area (Å²) < 4.78 is 0. The highest BCUT2D eigenvalue weighted by Gasteiger charge is 2.07. The molecule has 0 atom stereocenters. The molecule has 3 N–H and O–H groups in total. The third-order valence-corrected chi connectivity index (χ3v) is 2.71. The van der Waals surface area contributed by atoms with Crippen molar-refractivity contribution in [2.45, 2.75) is 6.92 Å². The molecule has 1 aromatic carbocycles. The van der Waals surface area contributed by atoms with Crippen LogP contribution in [0.1, 0.15) is 16.1 Å². The highest BCUT2D eigenvalue weighted by molar-refractivity contribution is 6.30. The maximum Gasteiger partial charge on any atom is 0.274 e. The van der Waals surface area contributed by atoms with E-state index in [1.807, 2.05) is 13.0 Å². The zero-order valence-corrected chi connectivity index (χ0v) is 10.5. The maximum atomic E-state index is 11.9. The second kappa shape index (κ2) is 5.06. The molecule has 0 unspecified atom stereocenters. The Morgan fingerprint density at radius 3 is 2.72 bits per heavy atom. The van der Waals surface area contributed by atoms with Gasteiger partial charge in [-0.15, -0.1) is 0 Å². The molecule has 5 heteroatoms. The summed E-state index contributed by atoms with van der Waals surface area (Å²) in [5.74, 6) is -0.282. The fourth-order valence-electron chi connectivity index (χ4n) is 1.46. The minimum atomic E-state index is -0.282. The van der Waals surface area contributed by atoms with E-state index < -0.39 is 0 Å². The minimum Gasteiger partial charge on any atom is -0.399 e. The number of carbonyl (C=O) groups excluding carboxylic acids is 1. The van der Waals surface area contributed by atoms with Gasteiger partial charge in [0.15, 0.2) is 0 Å². The van der Waals surface area contributed by atoms with Crippen LogP contribution >= 0.6 is 11.6 Å². The first-order chi connectivity index (χ1) is 8.56. The number of aryl methyl sites for hydroxylation is 1. The first kappa shape index (κ1) is 12.4. The van der Waals surface area contributed by atoms with Crippen LogP contribution in [0.5, 0.6) is 0 Å². The molecule has 0 saturated carbocycles. The van der Waals surface area contributed by atoms with Gasteiger partial charge in [0.1, 0.15) is 5.69 Å². The Morgan fingerprint density at radius 1 is 1.33 bits per heavy atom. The molecule has 0 aliphatic carbocycles. The first-order valence-electron chi connectivity index (χ1n) is 5.35. The van der Waals surface area contributed by atoms with Crippen molar-refractivity contribution in [2.75, 3.05) is 11.1 Å². The third kappa shape index (κ3) is 2.78. The van der Waals surface area contributed by atoms with Gasteiger partial charge in [-0.25, -0.2) is 4.98 Å². The molecule has 0 aliphatic rings. The molecule has 1 aromatic heterocycles. The number of amides is 1. The van der Waals surface area contributed by atoms with Crippen LogP contribution < -0.4 is 11.1 Å². The van der Waals surface area contributed by atoms with Crippen LogP contribution in [0, 0.1) is 6.92 Å². The average molecular weight is 262 g/mol. The molecular formula is C13H12ClN3O. The summed E-state index contributed by atoms with van der Waals surface area (Å²) >= 11 is 5.71. The van der Waals surface area contributed by atoms with E-state index >= 15 is 0 Å². The Balaban J connectivity index is 2.16. The predicted molar refractivity (Wildman–Crippen MR) is 72.8 cm³/mol. The number of pyridine rings is 1. The van der Waals surface area contributed by atoms with Gasteiger partial charge >= 0.3 is 0 Å². The Bertz CT molecular complexity index is 581. The summed E-state index contributed by atoms with van der Waals surface area (Å²) in [5.41, 5.74) is 8.31. The standard InChI is InChI=1S/C13H12ClN3O/c1-8-6-10(3-4-11(8)15)17-13(18)12-5-2-9(14)7-16-12/h2-7H,15H2,1H3,(H,17,18). The Hall–Kier alpha value is -2.07. The molecule has 0 spiro atoms. The van der Waals surface area contributed by atoms with E-state index in [2.05, 4.69) is 10.3 Å². The molecule has 2 aromatic rings. The normalized spacial score (nSPS) is 10.1. The second-order valence-corrected chi connectivity index (χ2v) is 4.32. The lowest BCUT2D eigenvalue weighted by molar-refractivity contribution is 0.102. The van der Waals surface area contributed by atoms with Gasteiger partial charge in [0.25, 0.3) is 5.91 Å². The van der Waals surface area contributed by atoms with Crippen molar-refractivity contribution in [2.24, 2.45) is 0 Å². The molecule has 92 valence electrons. The zero-order valence-electron chi connectivity index (χ0n) is 9.77. The number of halogens is 1. The van der Waals surface area contributed by atoms with Crippen molar-refractivity contribution in [3.8, 4) is 0 Å². The quantitative estimate of drug-likeness (QED) is 0.817. The van der Waals surface area contributed by atoms with Gasteiger partial charge in [-0.05, 0) is 42.8 Å². The predicted octanol–water partition coefficient (Wildman–Crippen LogP) is 2.88. The Morgan fingerprint density at radius 2 is 2.11 bits per heavy atom. The molecular weight excluding hydrogens is 250 g/mol. The number of anilines is 2. The largest absolute Gasteiger partial charge is 0.399 e. The topological polar surface area (TPSA) is 68.0 Å². The number of rotatable bonds is 2. The number of nitrogens with two attached hydrogens (primary N) is 1. The van der Waals surface area contributed by atoms with Crippen molar-refractivity contribution in [1.29, 1.82) is 0 Å². The highest BCUT2D eigenvalue weighted by Crippen LogP contribution is 2.17. The van der Waals surface area contributed by atoms with Crippen LogP contribution in [0.4, 0.5) is 11.4 Å². The number of hydrogen-bond donors (Lipinski definition) is 2. The molecule has 0 aliphatic heterocycles. The summed E-state index contributed by atoms with van der Waals surface area (Å²) in [5, 5.41) is 3.24. The molecule has 0 bridgehead atoms. The summed E-state index contributed by atoms with van der Waals surface area (Å²) in [4.78, 5) is 15.8. The van der Waals surface area contributed by atoms with Crippen molar-refractivity contribution < 1.29 is 4.79 Å². The van der Waals surface area contributed by atoms with Gasteiger partial charge in [0.2, 0.25) is 0 Å². The van der Waals surface area contributed by atoms with Crippen molar-refractivity contribution in [1.82, 2.24) is 4.98 Å². The maximum absolute atomic E-state index is 11.9. The van der Waals surface area contributed by atoms with E-state index in [-0.39, 0.29) is 5.91 Å².